The summed E-state index contributed by atoms with van der Waals surface area (Å²) in [6.07, 6.45) is 8.20. The fraction of sp³-hybridized carbons (Fsp3) is 0.161. The second kappa shape index (κ2) is 13.7. The van der Waals surface area contributed by atoms with Crippen molar-refractivity contribution in [1.82, 2.24) is 25.5 Å². The lowest BCUT2D eigenvalue weighted by atomic mass is 9.95. The largest absolute Gasteiger partial charge is 0.453 e. The van der Waals surface area contributed by atoms with E-state index in [1.807, 2.05) is 12.2 Å². The Bertz CT molecular complexity index is 1760. The Labute approximate surface area is 256 Å². The molecule has 0 fully saturated rings. The number of carbonyl (C=O) groups is 3. The third-order valence-electron chi connectivity index (χ3n) is 6.80. The van der Waals surface area contributed by atoms with Crippen LogP contribution in [0.3, 0.4) is 0 Å². The van der Waals surface area contributed by atoms with Gasteiger partial charge in [0.2, 0.25) is 11.8 Å². The van der Waals surface area contributed by atoms with Crippen LogP contribution in [0.5, 0.6) is 0 Å². The molecule has 3 N–H and O–H groups in total. The quantitative estimate of drug-likeness (QED) is 0.189. The van der Waals surface area contributed by atoms with Crippen LogP contribution in [0.2, 0.25) is 5.02 Å². The number of anilines is 2. The van der Waals surface area contributed by atoms with Gasteiger partial charge < -0.3 is 15.4 Å². The van der Waals surface area contributed by atoms with Crippen LogP contribution in [0.1, 0.15) is 36.4 Å². The van der Waals surface area contributed by atoms with E-state index in [1.54, 1.807) is 54.6 Å². The number of tetrazole rings is 1. The number of fused-ring (bicyclic) bond motifs is 4. The van der Waals surface area contributed by atoms with E-state index in [0.717, 1.165) is 0 Å². The maximum atomic E-state index is 15.3. The van der Waals surface area contributed by atoms with Crippen molar-refractivity contribution in [3.05, 3.63) is 101 Å². The van der Waals surface area contributed by atoms with Gasteiger partial charge >= 0.3 is 6.09 Å². The summed E-state index contributed by atoms with van der Waals surface area (Å²) in [7, 11) is 1.25. The summed E-state index contributed by atoms with van der Waals surface area (Å²) in [4.78, 5) is 37.7. The van der Waals surface area contributed by atoms with Crippen LogP contribution in [0.25, 0.3) is 22.9 Å². The molecule has 0 saturated carbocycles. The van der Waals surface area contributed by atoms with Crippen LogP contribution < -0.4 is 16.0 Å². The lowest BCUT2D eigenvalue weighted by molar-refractivity contribution is -0.117. The van der Waals surface area contributed by atoms with Gasteiger partial charge in [-0.05, 0) is 77.4 Å². The van der Waals surface area contributed by atoms with Crippen molar-refractivity contribution in [2.45, 2.75) is 25.3 Å². The van der Waals surface area contributed by atoms with Crippen molar-refractivity contribution in [1.29, 1.82) is 0 Å². The van der Waals surface area contributed by atoms with Gasteiger partial charge in [0.15, 0.2) is 0 Å². The van der Waals surface area contributed by atoms with Gasteiger partial charge in [-0.1, -0.05) is 35.9 Å². The van der Waals surface area contributed by atoms with Gasteiger partial charge in [-0.2, -0.15) is 4.68 Å². The van der Waals surface area contributed by atoms with E-state index < -0.39 is 23.9 Å². The molecule has 1 aliphatic heterocycles. The van der Waals surface area contributed by atoms with Gasteiger partial charge in [0.05, 0.1) is 24.5 Å². The third-order valence-corrected chi connectivity index (χ3v) is 7.04. The molecule has 0 radical (unpaired) electrons. The van der Waals surface area contributed by atoms with Crippen molar-refractivity contribution >= 4 is 47.0 Å². The summed E-state index contributed by atoms with van der Waals surface area (Å²) >= 11 is 6.19. The van der Waals surface area contributed by atoms with Crippen molar-refractivity contribution < 1.29 is 23.5 Å². The molecule has 4 aromatic rings. The first-order valence-corrected chi connectivity index (χ1v) is 13.9. The van der Waals surface area contributed by atoms with Gasteiger partial charge in [-0.3, -0.25) is 14.9 Å². The van der Waals surface area contributed by atoms with Gasteiger partial charge in [-0.15, -0.1) is 5.10 Å². The molecule has 5 rings (SSSR count). The summed E-state index contributed by atoms with van der Waals surface area (Å²) in [5, 5.41) is 20.0. The molecule has 44 heavy (non-hydrogen) atoms. The monoisotopic (exact) mass is 615 g/mol. The second-order valence-electron chi connectivity index (χ2n) is 9.76. The lowest BCUT2D eigenvalue weighted by Gasteiger charge is -2.20. The normalized spacial score (nSPS) is 15.6. The van der Waals surface area contributed by atoms with Gasteiger partial charge in [0, 0.05) is 39.9 Å². The summed E-state index contributed by atoms with van der Waals surface area (Å²) in [5.41, 5.74) is 3.50. The molecule has 3 amide bonds. The minimum Gasteiger partial charge on any atom is -0.453 e. The highest BCUT2D eigenvalue weighted by Gasteiger charge is 2.20. The number of ether oxygens (including phenoxy) is 1. The summed E-state index contributed by atoms with van der Waals surface area (Å²) < 4.78 is 21.5. The molecule has 11 nitrogen and oxygen atoms in total. The van der Waals surface area contributed by atoms with E-state index in [1.165, 1.54) is 30.3 Å². The SMILES string of the molecule is COC(=O)Nc1ccc2c(c1)NC(=O)CC/C=C\CC(NC(=O)/C=C/c1cc(Cl)ccc1-n1cnnn1)c1cc-2ccc1F. The van der Waals surface area contributed by atoms with Crippen molar-refractivity contribution in [3.63, 3.8) is 0 Å². The number of nitrogens with zero attached hydrogens (tertiary/aromatic N) is 4. The zero-order valence-electron chi connectivity index (χ0n) is 23.5. The number of halogens is 2. The Balaban J connectivity index is 1.47. The number of methoxy groups -OCH3 is 1. The van der Waals surface area contributed by atoms with Crippen LogP contribution in [-0.4, -0.2) is 45.2 Å². The average Bonchev–Trinajstić information content (AvgIpc) is 3.54. The molecule has 3 aromatic carbocycles. The predicted octanol–water partition coefficient (Wildman–Crippen LogP) is 5.85. The zero-order chi connectivity index (χ0) is 31.1. The molecule has 1 atom stereocenters. The summed E-state index contributed by atoms with van der Waals surface area (Å²) in [6.45, 7) is 0. The number of allylic oxidation sites excluding steroid dienone is 1. The molecule has 1 aromatic heterocycles. The van der Waals surface area contributed by atoms with Crippen LogP contribution in [-0.2, 0) is 14.3 Å². The zero-order valence-corrected chi connectivity index (χ0v) is 24.2. The number of carbonyl (C=O) groups excluding carboxylic acids is 3. The number of benzene rings is 3. The summed E-state index contributed by atoms with van der Waals surface area (Å²) in [6, 6.07) is 13.9. The van der Waals surface area contributed by atoms with Crippen LogP contribution in [0, 0.1) is 5.82 Å². The highest BCUT2D eigenvalue weighted by Crippen LogP contribution is 2.34. The molecule has 224 valence electrons. The van der Waals surface area contributed by atoms with E-state index in [-0.39, 0.29) is 24.3 Å². The minimum atomic E-state index is -0.727. The standard InChI is InChI=1S/C31H27ClFN7O4/c1-44-31(43)35-22-10-11-23-19-7-12-25(33)24(16-19)26(5-3-2-4-6-29(41)37-27(23)17-22)36-30(42)14-8-20-15-21(32)9-13-28(20)40-18-34-38-39-40/h2-3,7-18,26H,4-6H2,1H3,(H,35,43)(H,36,42)(H,37,41)/b3-2-,14-8+. The first-order valence-electron chi connectivity index (χ1n) is 13.6. The first-order chi connectivity index (χ1) is 21.3. The maximum Gasteiger partial charge on any atom is 0.411 e. The predicted molar refractivity (Wildman–Crippen MR) is 164 cm³/mol. The van der Waals surface area contributed by atoms with E-state index >= 15 is 4.39 Å². The molecule has 13 heteroatoms. The lowest BCUT2D eigenvalue weighted by Crippen LogP contribution is -2.27. The van der Waals surface area contributed by atoms with Crippen LogP contribution in [0.4, 0.5) is 20.6 Å². The number of hydrogen-bond acceptors (Lipinski definition) is 7. The highest BCUT2D eigenvalue weighted by molar-refractivity contribution is 6.30. The molecule has 0 aliphatic carbocycles. The van der Waals surface area contributed by atoms with E-state index in [2.05, 4.69) is 36.2 Å². The molecule has 2 bridgehead atoms. The van der Waals surface area contributed by atoms with E-state index in [9.17, 15) is 14.4 Å². The second-order valence-corrected chi connectivity index (χ2v) is 10.2. The van der Waals surface area contributed by atoms with Gasteiger partial charge in [-0.25, -0.2) is 9.18 Å². The molecular formula is C31H27ClFN7O4. The van der Waals surface area contributed by atoms with Crippen molar-refractivity contribution in [2.24, 2.45) is 0 Å². The van der Waals surface area contributed by atoms with E-state index in [0.29, 0.717) is 45.2 Å². The topological polar surface area (TPSA) is 140 Å². The Morgan fingerprint density at radius 1 is 1.14 bits per heavy atom. The smallest absolute Gasteiger partial charge is 0.411 e. The minimum absolute atomic E-state index is 0.194. The van der Waals surface area contributed by atoms with Crippen LogP contribution in [0.15, 0.2) is 79.2 Å². The Morgan fingerprint density at radius 2 is 2.00 bits per heavy atom. The molecule has 0 saturated heterocycles. The van der Waals surface area contributed by atoms with Crippen molar-refractivity contribution in [3.8, 4) is 16.8 Å². The fourth-order valence-electron chi connectivity index (χ4n) is 4.69. The first kappa shape index (κ1) is 30.1. The maximum absolute atomic E-state index is 15.3. The number of nitrogens with one attached hydrogen (secondary N) is 3. The molecule has 2 heterocycles. The van der Waals surface area contributed by atoms with Gasteiger partial charge in [0.25, 0.3) is 0 Å². The van der Waals surface area contributed by atoms with E-state index in [4.69, 9.17) is 11.6 Å². The number of hydrogen-bond donors (Lipinski definition) is 3. The molecular weight excluding hydrogens is 589 g/mol. The third kappa shape index (κ3) is 7.34. The number of aromatic nitrogens is 4. The van der Waals surface area contributed by atoms with Gasteiger partial charge in [0.1, 0.15) is 12.1 Å². The number of amides is 3. The Morgan fingerprint density at radius 3 is 2.80 bits per heavy atom. The van der Waals surface area contributed by atoms with Crippen LogP contribution >= 0.6 is 11.6 Å². The molecule has 1 aliphatic rings. The summed E-state index contributed by atoms with van der Waals surface area (Å²) in [5.74, 6) is -1.20. The van der Waals surface area contributed by atoms with Crippen molar-refractivity contribution in [2.75, 3.05) is 17.7 Å². The fourth-order valence-corrected chi connectivity index (χ4v) is 4.87. The average molecular weight is 616 g/mol. The number of rotatable bonds is 5. The highest BCUT2D eigenvalue weighted by atomic mass is 35.5. The molecule has 1 unspecified atom stereocenters. The molecule has 0 spiro atoms. The Kier molecular flexibility index (Phi) is 9.40. The Hall–Kier alpha value is -5.36.